The van der Waals surface area contributed by atoms with Crippen LogP contribution in [0.5, 0.6) is 0 Å². The largest absolute Gasteiger partial charge is 0.399 e. The van der Waals surface area contributed by atoms with E-state index in [9.17, 15) is 9.18 Å². The molecule has 0 aliphatic rings. The van der Waals surface area contributed by atoms with Crippen molar-refractivity contribution in [2.75, 3.05) is 11.1 Å². The van der Waals surface area contributed by atoms with E-state index in [1.165, 1.54) is 18.2 Å². The van der Waals surface area contributed by atoms with Crippen LogP contribution in [0.15, 0.2) is 42.5 Å². The lowest BCUT2D eigenvalue weighted by molar-refractivity contribution is 0.102. The lowest BCUT2D eigenvalue weighted by atomic mass is 10.2. The maximum absolute atomic E-state index is 13.5. The van der Waals surface area contributed by atoms with Gasteiger partial charge in [0.1, 0.15) is 5.82 Å². The smallest absolute Gasteiger partial charge is 0.256 e. The predicted molar refractivity (Wildman–Crippen MR) is 77.9 cm³/mol. The first-order valence-electron chi connectivity index (χ1n) is 5.19. The van der Waals surface area contributed by atoms with Gasteiger partial charge in [-0.15, -0.1) is 0 Å². The Morgan fingerprint density at radius 2 is 1.94 bits per heavy atom. The molecule has 0 aliphatic carbocycles. The number of nitrogens with one attached hydrogen (secondary N) is 1. The Hall–Kier alpha value is -1.63. The summed E-state index contributed by atoms with van der Waals surface area (Å²) in [7, 11) is 0. The van der Waals surface area contributed by atoms with Gasteiger partial charge in [0.15, 0.2) is 0 Å². The molecule has 2 aromatic carbocycles. The van der Waals surface area contributed by atoms with Crippen LogP contribution in [0.2, 0.25) is 0 Å². The van der Waals surface area contributed by atoms with Crippen molar-refractivity contribution in [2.45, 2.75) is 0 Å². The van der Waals surface area contributed by atoms with Gasteiger partial charge in [-0.2, -0.15) is 0 Å². The molecule has 92 valence electrons. The average Bonchev–Trinajstić information content (AvgIpc) is 2.33. The summed E-state index contributed by atoms with van der Waals surface area (Å²) >= 11 is 2.06. The highest BCUT2D eigenvalue weighted by Gasteiger charge is 2.11. The van der Waals surface area contributed by atoms with Gasteiger partial charge in [0.25, 0.3) is 5.91 Å². The van der Waals surface area contributed by atoms with Crippen LogP contribution in [0, 0.1) is 9.39 Å². The molecule has 2 aromatic rings. The first kappa shape index (κ1) is 12.8. The number of anilines is 2. The van der Waals surface area contributed by atoms with Crippen LogP contribution in [-0.4, -0.2) is 5.91 Å². The molecule has 0 fully saturated rings. The Kier molecular flexibility index (Phi) is 3.81. The van der Waals surface area contributed by atoms with Gasteiger partial charge >= 0.3 is 0 Å². The summed E-state index contributed by atoms with van der Waals surface area (Å²) in [6.45, 7) is 0. The second-order valence-electron chi connectivity index (χ2n) is 3.67. The number of hydrogen-bond acceptors (Lipinski definition) is 2. The van der Waals surface area contributed by atoms with Crippen molar-refractivity contribution < 1.29 is 9.18 Å². The van der Waals surface area contributed by atoms with Crippen molar-refractivity contribution in [2.24, 2.45) is 0 Å². The fourth-order valence-electron chi connectivity index (χ4n) is 1.47. The highest BCUT2D eigenvalue weighted by molar-refractivity contribution is 14.1. The molecule has 0 spiro atoms. The van der Waals surface area contributed by atoms with Gasteiger partial charge in [-0.1, -0.05) is 12.1 Å². The molecule has 3 nitrogen and oxygen atoms in total. The van der Waals surface area contributed by atoms with Crippen LogP contribution < -0.4 is 11.1 Å². The molecule has 0 unspecified atom stereocenters. The highest BCUT2D eigenvalue weighted by atomic mass is 127. The van der Waals surface area contributed by atoms with Crippen LogP contribution in [0.4, 0.5) is 15.8 Å². The van der Waals surface area contributed by atoms with E-state index in [4.69, 9.17) is 5.73 Å². The first-order valence-corrected chi connectivity index (χ1v) is 6.26. The standard InChI is InChI=1S/C13H10FIN2O/c14-10-7-8(16)5-6-12(10)17-13(18)9-3-1-2-4-11(9)15/h1-7H,16H2,(H,17,18). The van der Waals surface area contributed by atoms with Crippen LogP contribution in [0.3, 0.4) is 0 Å². The number of amides is 1. The van der Waals surface area contributed by atoms with E-state index in [1.807, 2.05) is 12.1 Å². The van der Waals surface area contributed by atoms with Crippen LogP contribution in [0.1, 0.15) is 10.4 Å². The lowest BCUT2D eigenvalue weighted by Crippen LogP contribution is -2.14. The number of hydrogen-bond donors (Lipinski definition) is 2. The van der Waals surface area contributed by atoms with Gasteiger partial charge < -0.3 is 11.1 Å². The number of nitrogens with two attached hydrogens (primary N) is 1. The second-order valence-corrected chi connectivity index (χ2v) is 4.84. The van der Waals surface area contributed by atoms with E-state index in [-0.39, 0.29) is 11.6 Å². The number of carbonyl (C=O) groups is 1. The van der Waals surface area contributed by atoms with Crippen molar-refractivity contribution in [3.8, 4) is 0 Å². The van der Waals surface area contributed by atoms with E-state index >= 15 is 0 Å². The van der Waals surface area contributed by atoms with E-state index in [2.05, 4.69) is 27.9 Å². The molecule has 18 heavy (non-hydrogen) atoms. The quantitative estimate of drug-likeness (QED) is 0.641. The molecule has 0 bridgehead atoms. The number of benzene rings is 2. The monoisotopic (exact) mass is 356 g/mol. The maximum Gasteiger partial charge on any atom is 0.256 e. The summed E-state index contributed by atoms with van der Waals surface area (Å²) in [4.78, 5) is 12.0. The molecule has 2 rings (SSSR count). The summed E-state index contributed by atoms with van der Waals surface area (Å²) in [5.41, 5.74) is 6.39. The van der Waals surface area contributed by atoms with Gasteiger partial charge in [0.05, 0.1) is 11.3 Å². The van der Waals surface area contributed by atoms with E-state index in [0.717, 1.165) is 3.57 Å². The van der Waals surface area contributed by atoms with E-state index < -0.39 is 5.82 Å². The Labute approximate surface area is 117 Å². The van der Waals surface area contributed by atoms with Gasteiger partial charge in [-0.05, 0) is 52.9 Å². The summed E-state index contributed by atoms with van der Waals surface area (Å²) < 4.78 is 14.3. The van der Waals surface area contributed by atoms with Crippen molar-refractivity contribution >= 4 is 39.9 Å². The minimum Gasteiger partial charge on any atom is -0.399 e. The molecule has 0 radical (unpaired) electrons. The van der Waals surface area contributed by atoms with Gasteiger partial charge in [-0.25, -0.2) is 4.39 Å². The zero-order chi connectivity index (χ0) is 13.1. The minimum atomic E-state index is -0.547. The lowest BCUT2D eigenvalue weighted by Gasteiger charge is -2.08. The third-order valence-electron chi connectivity index (χ3n) is 2.36. The van der Waals surface area contributed by atoms with Gasteiger partial charge in [0.2, 0.25) is 0 Å². The first-order chi connectivity index (χ1) is 8.58. The van der Waals surface area contributed by atoms with Gasteiger partial charge in [0, 0.05) is 9.26 Å². The third-order valence-corrected chi connectivity index (χ3v) is 3.30. The van der Waals surface area contributed by atoms with E-state index in [0.29, 0.717) is 11.3 Å². The van der Waals surface area contributed by atoms with Crippen LogP contribution in [0.25, 0.3) is 0 Å². The van der Waals surface area contributed by atoms with Crippen LogP contribution in [-0.2, 0) is 0 Å². The molecule has 0 saturated heterocycles. The molecule has 0 heterocycles. The SMILES string of the molecule is Nc1ccc(NC(=O)c2ccccc2I)c(F)c1. The van der Waals surface area contributed by atoms with Crippen molar-refractivity contribution in [3.05, 3.63) is 57.4 Å². The molecule has 0 atom stereocenters. The molecule has 1 amide bonds. The summed E-state index contributed by atoms with van der Waals surface area (Å²) in [5, 5.41) is 2.52. The summed E-state index contributed by atoms with van der Waals surface area (Å²) in [6, 6.07) is 11.2. The number of nitrogen functional groups attached to an aromatic ring is 1. The zero-order valence-electron chi connectivity index (χ0n) is 9.28. The maximum atomic E-state index is 13.5. The molecule has 3 N–H and O–H groups in total. The fourth-order valence-corrected chi connectivity index (χ4v) is 2.10. The molecule has 0 aromatic heterocycles. The van der Waals surface area contributed by atoms with Crippen molar-refractivity contribution in [1.29, 1.82) is 0 Å². The van der Waals surface area contributed by atoms with Crippen molar-refractivity contribution in [3.63, 3.8) is 0 Å². The fraction of sp³-hybridized carbons (Fsp3) is 0. The summed E-state index contributed by atoms with van der Waals surface area (Å²) in [5.74, 6) is -0.891. The third kappa shape index (κ3) is 2.79. The predicted octanol–water partition coefficient (Wildman–Crippen LogP) is 3.26. The molecule has 5 heteroatoms. The normalized spacial score (nSPS) is 10.1. The Balaban J connectivity index is 2.24. The Morgan fingerprint density at radius 1 is 1.22 bits per heavy atom. The number of rotatable bonds is 2. The molecule has 0 saturated carbocycles. The minimum absolute atomic E-state index is 0.119. The van der Waals surface area contributed by atoms with Gasteiger partial charge in [-0.3, -0.25) is 4.79 Å². The average molecular weight is 356 g/mol. The molecule has 0 aliphatic heterocycles. The summed E-state index contributed by atoms with van der Waals surface area (Å²) in [6.07, 6.45) is 0. The molecular weight excluding hydrogens is 346 g/mol. The van der Waals surface area contributed by atoms with Crippen molar-refractivity contribution in [1.82, 2.24) is 0 Å². The molecular formula is C13H10FIN2O. The Morgan fingerprint density at radius 3 is 2.61 bits per heavy atom. The number of carbonyl (C=O) groups excluding carboxylic acids is 1. The Bertz CT molecular complexity index is 601. The second kappa shape index (κ2) is 5.34. The van der Waals surface area contributed by atoms with Crippen LogP contribution >= 0.6 is 22.6 Å². The topological polar surface area (TPSA) is 55.1 Å². The zero-order valence-corrected chi connectivity index (χ0v) is 11.4. The van der Waals surface area contributed by atoms with E-state index in [1.54, 1.807) is 12.1 Å². The number of halogens is 2. The highest BCUT2D eigenvalue weighted by Crippen LogP contribution is 2.19.